The summed E-state index contributed by atoms with van der Waals surface area (Å²) in [6.45, 7) is 17.7. The Labute approximate surface area is 866 Å². The number of carbonyl (C=O) groups excluding carboxylic acids is 19. The lowest BCUT2D eigenvalue weighted by atomic mass is 9.78. The molecule has 11 amide bonds. The van der Waals surface area contributed by atoms with E-state index in [4.69, 9.17) is 22.9 Å². The van der Waals surface area contributed by atoms with Gasteiger partial charge in [-0.3, -0.25) is 106 Å². The smallest absolute Gasteiger partial charge is 0.305 e. The second-order valence-electron chi connectivity index (χ2n) is 42.7. The van der Waals surface area contributed by atoms with Gasteiger partial charge in [0.25, 0.3) is 0 Å². The number of aliphatic hydroxyl groups is 2. The van der Waals surface area contributed by atoms with Crippen molar-refractivity contribution < 1.29 is 131 Å². The van der Waals surface area contributed by atoms with E-state index >= 15 is 47.9 Å². The van der Waals surface area contributed by atoms with Crippen molar-refractivity contribution >= 4 is 135 Å². The van der Waals surface area contributed by atoms with Crippen molar-refractivity contribution in [1.29, 1.82) is 0 Å². The molecule has 21 N–H and O–H groups in total. The van der Waals surface area contributed by atoms with Crippen LogP contribution in [0.25, 0.3) is 0 Å². The zero-order valence-corrected chi connectivity index (χ0v) is 87.8. The number of aliphatic hydroxyl groups excluding tert-OH is 2. The zero-order valence-electron chi connectivity index (χ0n) is 87.8. The monoisotopic (exact) mass is 2080 g/mol. The van der Waals surface area contributed by atoms with Gasteiger partial charge in [0.1, 0.15) is 17.9 Å². The third kappa shape index (κ3) is 44.0. The summed E-state index contributed by atoms with van der Waals surface area (Å²) in [7, 11) is 0. The summed E-state index contributed by atoms with van der Waals surface area (Å²) in [6.07, 6.45) is 0.556. The standard InChI is InChI=1S/C107H162N14O27/c1-61(2)42-71(46-65(9)123)101(144)118-84(59-122)88(128)50-69(31-34-92(109)132)99(142)113-78(33-36-95(136)137)89(129)54-76(66(10)124)104(147)116-80(47-67-26-18-17-19-27-67)90(130)57-107-38-41-121(60-107)40-25-16-14-12-13-15-23-37-106(11,91(131)53-70(32-35-94(134)135)100(143)117-83(97(111)140)55-93(110)133)120-103(146)73(44-63(5)6)52-86(126)79(45-64(7)8)114-98(141)68(28-22-24-39-108)49-85(125)81(48-74-58-112-77-30-21-20-29-75(74)77)115-102(145)72(43-62(3)4)51-87(127)82(56-96(138)139)119-105(107)148/h17-21,26-27,29-30,58,61-64,66,68-73,75-76,78-84,122,124H,12-16,22-25,28,31-57,59-60,108H2,1-11H3,(H2,109,132)(H2,110,133)(H2,111,140)(H,113,142)(H,114,141)(H,115,145)(H,116,147)(H,117,143)(H,118,144)(H,119,148)(H,120,146)(H,134,135)(H,136,137)(H,138,139)/t66?,68-,69-,70-,71-,72-,73-,75?,76+,78+,79+,80+,81+,82+,83+,84+,106+,107-/m1/s1. The number of fused-ring (bicyclic) bond motifs is 3. The number of carboxylic acids is 3. The minimum atomic E-state index is -1.90. The van der Waals surface area contributed by atoms with Crippen molar-refractivity contribution in [2.24, 2.45) is 104 Å². The lowest BCUT2D eigenvalue weighted by Crippen LogP contribution is -2.55. The minimum absolute atomic E-state index is 0.0412. The summed E-state index contributed by atoms with van der Waals surface area (Å²) in [5, 5.41) is 73.9. The fourth-order valence-electron chi connectivity index (χ4n) is 19.6. The molecule has 3 heterocycles. The second-order valence-corrected chi connectivity index (χ2v) is 42.7. The van der Waals surface area contributed by atoms with Gasteiger partial charge in [-0.2, -0.15) is 0 Å². The van der Waals surface area contributed by atoms with Crippen LogP contribution in [0.2, 0.25) is 0 Å². The summed E-state index contributed by atoms with van der Waals surface area (Å²) in [4.78, 5) is 318. The van der Waals surface area contributed by atoms with E-state index in [1.165, 1.54) is 13.8 Å². The van der Waals surface area contributed by atoms with Crippen LogP contribution in [0.5, 0.6) is 0 Å². The van der Waals surface area contributed by atoms with E-state index in [2.05, 4.69) is 47.5 Å². The van der Waals surface area contributed by atoms with Gasteiger partial charge in [-0.1, -0.05) is 149 Å². The first-order valence-electron chi connectivity index (χ1n) is 52.2. The molecule has 148 heavy (non-hydrogen) atoms. The first kappa shape index (κ1) is 126. The Morgan fingerprint density at radius 2 is 1.07 bits per heavy atom. The number of primary amides is 3. The van der Waals surface area contributed by atoms with Crippen LogP contribution >= 0.6 is 0 Å². The van der Waals surface area contributed by atoms with Crippen LogP contribution in [-0.2, 0) is 112 Å². The summed E-state index contributed by atoms with van der Waals surface area (Å²) in [5.41, 5.74) is 20.4. The molecule has 2 fully saturated rings. The van der Waals surface area contributed by atoms with Gasteiger partial charge in [-0.25, -0.2) is 0 Å². The van der Waals surface area contributed by atoms with E-state index in [9.17, 15) is 83.1 Å². The Kier molecular flexibility index (Phi) is 53.8. The Balaban J connectivity index is 1.65. The van der Waals surface area contributed by atoms with Crippen LogP contribution in [0, 0.1) is 76.4 Å². The number of unbranched alkanes of at least 4 members (excludes halogenated alkanes) is 1. The first-order valence-corrected chi connectivity index (χ1v) is 52.2. The van der Waals surface area contributed by atoms with Crippen LogP contribution in [0.1, 0.15) is 294 Å². The highest BCUT2D eigenvalue weighted by Gasteiger charge is 2.50. The molecule has 0 radical (unpaired) electrons. The van der Waals surface area contributed by atoms with Gasteiger partial charge in [0.15, 0.2) is 40.5 Å². The molecular formula is C107H162N14O27. The summed E-state index contributed by atoms with van der Waals surface area (Å²) in [5.74, 6) is -31.5. The third-order valence-electron chi connectivity index (χ3n) is 27.8. The number of hydrogen-bond donors (Lipinski definition) is 17. The SMILES string of the molecule is CC(=O)C[C@@H](CC(C)C)C(=O)N[C@@H](CO)C(=O)C[C@@H](CCC(N)=O)C(=O)N[C@@H](CCC(=O)O)C(=O)C[C@H](C(=O)N[C@@H](Cc1ccccc1)C(=O)C[C@@]12CCN(CCCCCCCCC[C@@](C)(C(=O)C[C@@H](CCC(=O)O)C(=O)N[C@@H](CC(N)=O)C(N)=O)NC(=O)[C@H](CC(C)C)CC(=O)[C@H](CC(C)C)NC(=O)[C@H](CCCCN)CC(=O)[C@H](CC3=CN=C4C=CC=CC34)NC(=O)[C@H](CC(C)C)CC(=O)[C@H](CC(=O)O)NC1=O)C2)C(C)O. The Bertz CT molecular complexity index is 4930. The van der Waals surface area contributed by atoms with Crippen molar-refractivity contribution in [2.45, 2.75) is 348 Å². The van der Waals surface area contributed by atoms with Crippen molar-refractivity contribution in [2.75, 3.05) is 32.8 Å². The van der Waals surface area contributed by atoms with Crippen LogP contribution in [0.15, 0.2) is 71.4 Å². The number of Topliss-reactive ketones (excluding diaryl/α,β-unsaturated/α-hetero) is 8. The van der Waals surface area contributed by atoms with Crippen LogP contribution in [0.3, 0.4) is 0 Å². The van der Waals surface area contributed by atoms with Crippen molar-refractivity contribution in [1.82, 2.24) is 47.4 Å². The molecule has 19 atom stereocenters. The lowest BCUT2D eigenvalue weighted by Gasteiger charge is -2.33. The number of carboxylic acid groups (broad SMARTS) is 3. The molecule has 41 nitrogen and oxygen atoms in total. The second kappa shape index (κ2) is 63.0. The number of ketones is 8. The topological polar surface area (TPSA) is 693 Å². The van der Waals surface area contributed by atoms with Gasteiger partial charge in [-0.15, -0.1) is 0 Å². The fourth-order valence-corrected chi connectivity index (χ4v) is 19.6. The van der Waals surface area contributed by atoms with Gasteiger partial charge < -0.3 is 101 Å². The molecule has 1 aliphatic carbocycles. The van der Waals surface area contributed by atoms with Gasteiger partial charge in [-0.05, 0) is 171 Å². The highest BCUT2D eigenvalue weighted by atomic mass is 16.4. The molecule has 1 aromatic carbocycles. The lowest BCUT2D eigenvalue weighted by molar-refractivity contribution is -0.143. The number of nitrogens with zero attached hydrogens (tertiary/aromatic N) is 2. The number of aliphatic carboxylic acids is 3. The van der Waals surface area contributed by atoms with E-state index in [1.807, 2.05) is 38.7 Å². The number of nitrogens with one attached hydrogen (secondary N) is 8. The maximum absolute atomic E-state index is 16.0. The molecule has 2 bridgehead atoms. The molecule has 0 saturated carbocycles. The largest absolute Gasteiger partial charge is 0.481 e. The molecule has 0 spiro atoms. The highest BCUT2D eigenvalue weighted by molar-refractivity contribution is 6.05. The highest BCUT2D eigenvalue weighted by Crippen LogP contribution is 2.38. The number of rotatable bonds is 54. The van der Waals surface area contributed by atoms with Crippen molar-refractivity contribution in [3.05, 3.63) is 72.0 Å². The molecule has 3 aliphatic heterocycles. The molecule has 3 unspecified atom stereocenters. The normalized spacial score (nSPS) is 23.2. The Hall–Kier alpha value is -12.1. The minimum Gasteiger partial charge on any atom is -0.481 e. The van der Waals surface area contributed by atoms with E-state index in [1.54, 1.807) is 82.5 Å². The predicted octanol–water partition coefficient (Wildman–Crippen LogP) is 5.32. The number of nitrogens with two attached hydrogens (primary N) is 4. The predicted molar refractivity (Wildman–Crippen MR) is 547 cm³/mol. The molecule has 5 rings (SSSR count). The Morgan fingerprint density at radius 3 is 1.64 bits per heavy atom. The van der Waals surface area contributed by atoms with Crippen molar-refractivity contribution in [3.63, 3.8) is 0 Å². The van der Waals surface area contributed by atoms with Crippen LogP contribution < -0.4 is 65.5 Å². The number of benzene rings is 1. The zero-order chi connectivity index (χ0) is 111. The van der Waals surface area contributed by atoms with Crippen LogP contribution in [-0.4, -0.2) is 252 Å². The number of hydrogen-bond acceptors (Lipinski definition) is 27. The maximum Gasteiger partial charge on any atom is 0.305 e. The molecular weight excluding hydrogens is 1910 g/mol. The van der Waals surface area contributed by atoms with Gasteiger partial charge >= 0.3 is 17.9 Å². The molecule has 2 saturated heterocycles. The molecule has 822 valence electrons. The fraction of sp³-hybridized carbons (Fsp3) is 0.673. The number of carbonyl (C=O) groups is 22. The number of amides is 11. The van der Waals surface area contributed by atoms with E-state index in [0.29, 0.717) is 74.8 Å². The number of aliphatic imine (C=N–C) groups is 1. The average Bonchev–Trinajstić information content (AvgIpc) is 1.63. The van der Waals surface area contributed by atoms with Gasteiger partial charge in [0, 0.05) is 125 Å². The summed E-state index contributed by atoms with van der Waals surface area (Å²) >= 11 is 0. The molecule has 1 aromatic rings. The quantitative estimate of drug-likeness (QED) is 0.0367. The third-order valence-corrected chi connectivity index (χ3v) is 27.8. The van der Waals surface area contributed by atoms with E-state index < -0.39 is 333 Å². The Morgan fingerprint density at radius 1 is 0.527 bits per heavy atom. The van der Waals surface area contributed by atoms with Crippen molar-refractivity contribution in [3.8, 4) is 0 Å². The van der Waals surface area contributed by atoms with Crippen LogP contribution in [0.4, 0.5) is 0 Å². The average molecular weight is 2080 g/mol. The van der Waals surface area contributed by atoms with E-state index in [0.717, 1.165) is 6.92 Å². The summed E-state index contributed by atoms with van der Waals surface area (Å²) in [6, 6.07) is -3.12. The van der Waals surface area contributed by atoms with Gasteiger partial charge in [0.05, 0.1) is 78.3 Å². The van der Waals surface area contributed by atoms with E-state index in [-0.39, 0.29) is 120 Å². The molecule has 41 heteroatoms. The summed E-state index contributed by atoms with van der Waals surface area (Å²) < 4.78 is 0. The van der Waals surface area contributed by atoms with Gasteiger partial charge in [0.2, 0.25) is 65.0 Å². The molecule has 4 aliphatic rings. The number of allylic oxidation sites excluding steroid dienone is 4. The maximum atomic E-state index is 16.0. The first-order chi connectivity index (χ1) is 69.7. The molecule has 0 aromatic heterocycles.